The van der Waals surface area contributed by atoms with Gasteiger partial charge in [0.2, 0.25) is 0 Å². The number of nitrogens with zero attached hydrogens (tertiary/aromatic N) is 5. The molecule has 2 aromatic heterocycles. The number of nitrogens with one attached hydrogen (secondary N) is 2. The second-order valence-corrected chi connectivity index (χ2v) is 7.58. The Bertz CT molecular complexity index is 1050. The Morgan fingerprint density at radius 3 is 2.74 bits per heavy atom. The van der Waals surface area contributed by atoms with Crippen LogP contribution in [0.3, 0.4) is 0 Å². The SMILES string of the molecule is [C-]#[N+]c1cnc(Nc2cc(-c3ccc(OCC4CCN(C)CC4)cc3OC)[nH]n2)cn1. The summed E-state index contributed by atoms with van der Waals surface area (Å²) in [6.45, 7) is 9.91. The lowest BCUT2D eigenvalue weighted by molar-refractivity contribution is 0.160. The molecule has 0 aliphatic carbocycles. The van der Waals surface area contributed by atoms with Gasteiger partial charge in [-0.2, -0.15) is 5.10 Å². The van der Waals surface area contributed by atoms with E-state index in [1.807, 2.05) is 24.3 Å². The van der Waals surface area contributed by atoms with E-state index in [1.165, 1.54) is 25.2 Å². The van der Waals surface area contributed by atoms with E-state index in [1.54, 1.807) is 7.11 Å². The van der Waals surface area contributed by atoms with Crippen LogP contribution in [0.2, 0.25) is 0 Å². The van der Waals surface area contributed by atoms with Gasteiger partial charge in [0.05, 0.1) is 25.6 Å². The molecule has 1 fully saturated rings. The molecule has 1 aliphatic heterocycles. The number of likely N-dealkylation sites (tertiary alicyclic amines) is 1. The van der Waals surface area contributed by atoms with Crippen molar-refractivity contribution in [1.82, 2.24) is 25.1 Å². The fourth-order valence-corrected chi connectivity index (χ4v) is 3.53. The number of rotatable bonds is 7. The fraction of sp³-hybridized carbons (Fsp3) is 0.364. The number of aromatic nitrogens is 4. The molecule has 0 spiro atoms. The first-order valence-corrected chi connectivity index (χ1v) is 10.2. The topological polar surface area (TPSA) is 92.6 Å². The third-order valence-corrected chi connectivity index (χ3v) is 5.37. The lowest BCUT2D eigenvalue weighted by atomic mass is 9.98. The van der Waals surface area contributed by atoms with Crippen LogP contribution in [-0.2, 0) is 0 Å². The van der Waals surface area contributed by atoms with Crippen LogP contribution in [0.5, 0.6) is 11.5 Å². The van der Waals surface area contributed by atoms with Gasteiger partial charge in [-0.15, -0.1) is 4.98 Å². The van der Waals surface area contributed by atoms with E-state index in [9.17, 15) is 0 Å². The smallest absolute Gasteiger partial charge is 0.288 e. The first kappa shape index (κ1) is 20.6. The maximum Gasteiger partial charge on any atom is 0.288 e. The summed E-state index contributed by atoms with van der Waals surface area (Å²) in [5, 5.41) is 10.4. The van der Waals surface area contributed by atoms with Crippen LogP contribution < -0.4 is 14.8 Å². The molecule has 0 saturated carbocycles. The van der Waals surface area contributed by atoms with E-state index in [2.05, 4.69) is 42.3 Å². The average Bonchev–Trinajstić information content (AvgIpc) is 3.27. The van der Waals surface area contributed by atoms with E-state index in [-0.39, 0.29) is 5.82 Å². The molecule has 0 unspecified atom stereocenters. The van der Waals surface area contributed by atoms with E-state index < -0.39 is 0 Å². The highest BCUT2D eigenvalue weighted by molar-refractivity contribution is 5.71. The largest absolute Gasteiger partial charge is 0.496 e. The van der Waals surface area contributed by atoms with Crippen molar-refractivity contribution >= 4 is 17.5 Å². The Labute approximate surface area is 181 Å². The number of hydrogen-bond donors (Lipinski definition) is 2. The van der Waals surface area contributed by atoms with Crippen molar-refractivity contribution in [3.05, 3.63) is 48.1 Å². The fourth-order valence-electron chi connectivity index (χ4n) is 3.53. The molecule has 1 aromatic carbocycles. The van der Waals surface area contributed by atoms with Gasteiger partial charge >= 0.3 is 0 Å². The average molecular weight is 419 g/mol. The number of piperidine rings is 1. The molecule has 160 valence electrons. The molecule has 1 saturated heterocycles. The van der Waals surface area contributed by atoms with Gasteiger partial charge in [-0.05, 0) is 51.0 Å². The Kier molecular flexibility index (Phi) is 6.29. The molecule has 1 aliphatic rings. The lowest BCUT2D eigenvalue weighted by Gasteiger charge is -2.28. The van der Waals surface area contributed by atoms with Crippen LogP contribution >= 0.6 is 0 Å². The second kappa shape index (κ2) is 9.45. The van der Waals surface area contributed by atoms with Gasteiger partial charge in [0, 0.05) is 17.7 Å². The van der Waals surface area contributed by atoms with Gasteiger partial charge in [-0.3, -0.25) is 5.10 Å². The van der Waals surface area contributed by atoms with Crippen LogP contribution in [0.1, 0.15) is 12.8 Å². The second-order valence-electron chi connectivity index (χ2n) is 7.58. The number of methoxy groups -OCH3 is 1. The van der Waals surface area contributed by atoms with Gasteiger partial charge in [-0.25, -0.2) is 4.98 Å². The number of aromatic amines is 1. The standard InChI is InChI=1S/C22H25N7O2/c1-23-21-12-25-22(13-24-21)26-20-11-18(27-28-20)17-5-4-16(10-19(17)30-3)31-14-15-6-8-29(2)9-7-15/h4-5,10-13,15H,6-9,14H2,2-3H3,(H2,25,26,27,28). The minimum absolute atomic E-state index is 0.246. The summed E-state index contributed by atoms with van der Waals surface area (Å²) in [4.78, 5) is 13.7. The van der Waals surface area contributed by atoms with E-state index in [0.29, 0.717) is 23.3 Å². The van der Waals surface area contributed by atoms with Gasteiger partial charge in [-0.1, -0.05) is 6.57 Å². The number of H-pyrrole nitrogens is 1. The predicted molar refractivity (Wildman–Crippen MR) is 118 cm³/mol. The molecule has 3 heterocycles. The van der Waals surface area contributed by atoms with Gasteiger partial charge in [0.25, 0.3) is 5.82 Å². The molecule has 0 radical (unpaired) electrons. The Morgan fingerprint density at radius 2 is 2.03 bits per heavy atom. The normalized spacial score (nSPS) is 14.7. The maximum atomic E-state index is 6.94. The molecule has 2 N–H and O–H groups in total. The number of anilines is 2. The van der Waals surface area contributed by atoms with Crippen LogP contribution in [-0.4, -0.2) is 58.9 Å². The number of ether oxygens (including phenoxy) is 2. The van der Waals surface area contributed by atoms with E-state index in [0.717, 1.165) is 36.7 Å². The van der Waals surface area contributed by atoms with E-state index >= 15 is 0 Å². The van der Waals surface area contributed by atoms with Crippen LogP contribution in [0.4, 0.5) is 17.5 Å². The van der Waals surface area contributed by atoms with Gasteiger partial charge in [0.1, 0.15) is 11.5 Å². The lowest BCUT2D eigenvalue weighted by Crippen LogP contribution is -2.32. The summed E-state index contributed by atoms with van der Waals surface area (Å²) in [7, 11) is 3.81. The minimum Gasteiger partial charge on any atom is -0.496 e. The van der Waals surface area contributed by atoms with Crippen LogP contribution in [0.15, 0.2) is 36.7 Å². The Balaban J connectivity index is 1.42. The summed E-state index contributed by atoms with van der Waals surface area (Å²) in [5.41, 5.74) is 1.68. The molecule has 31 heavy (non-hydrogen) atoms. The Morgan fingerprint density at radius 1 is 1.19 bits per heavy atom. The monoisotopic (exact) mass is 419 g/mol. The number of benzene rings is 1. The van der Waals surface area contributed by atoms with Crippen LogP contribution in [0, 0.1) is 12.5 Å². The first-order valence-electron chi connectivity index (χ1n) is 10.2. The van der Waals surface area contributed by atoms with Crippen molar-refractivity contribution in [3.63, 3.8) is 0 Å². The molecular weight excluding hydrogens is 394 g/mol. The first-order chi connectivity index (χ1) is 15.1. The molecule has 4 rings (SSSR count). The van der Waals surface area contributed by atoms with Crippen molar-refractivity contribution in [3.8, 4) is 22.8 Å². The minimum atomic E-state index is 0.246. The summed E-state index contributed by atoms with van der Waals surface area (Å²) in [5.74, 6) is 3.44. The van der Waals surface area contributed by atoms with E-state index in [4.69, 9.17) is 16.0 Å². The predicted octanol–water partition coefficient (Wildman–Crippen LogP) is 3.89. The molecule has 0 amide bonds. The Hall–Kier alpha value is -3.64. The zero-order chi connectivity index (χ0) is 21.6. The van der Waals surface area contributed by atoms with Gasteiger partial charge < -0.3 is 24.5 Å². The molecule has 9 nitrogen and oxygen atoms in total. The van der Waals surface area contributed by atoms with Gasteiger partial charge in [0.15, 0.2) is 17.8 Å². The highest BCUT2D eigenvalue weighted by atomic mass is 16.5. The third-order valence-electron chi connectivity index (χ3n) is 5.37. The summed E-state index contributed by atoms with van der Waals surface area (Å²) >= 11 is 0. The van der Waals surface area contributed by atoms with Crippen LogP contribution in [0.25, 0.3) is 16.1 Å². The zero-order valence-electron chi connectivity index (χ0n) is 17.6. The molecule has 0 atom stereocenters. The molecule has 0 bridgehead atoms. The summed E-state index contributed by atoms with van der Waals surface area (Å²) in [6, 6.07) is 7.69. The molecule has 9 heteroatoms. The van der Waals surface area contributed by atoms with Crippen molar-refractivity contribution in [1.29, 1.82) is 0 Å². The van der Waals surface area contributed by atoms with Crippen molar-refractivity contribution in [2.24, 2.45) is 5.92 Å². The van der Waals surface area contributed by atoms with Crippen molar-refractivity contribution in [2.45, 2.75) is 12.8 Å². The maximum absolute atomic E-state index is 6.94. The number of hydrogen-bond acceptors (Lipinski definition) is 7. The zero-order valence-corrected chi connectivity index (χ0v) is 17.6. The summed E-state index contributed by atoms with van der Waals surface area (Å²) in [6.07, 6.45) is 5.25. The highest BCUT2D eigenvalue weighted by Gasteiger charge is 2.18. The molecular formula is C22H25N7O2. The van der Waals surface area contributed by atoms with Crippen molar-refractivity contribution in [2.75, 3.05) is 39.2 Å². The quantitative estimate of drug-likeness (QED) is 0.561. The third kappa shape index (κ3) is 5.10. The summed E-state index contributed by atoms with van der Waals surface area (Å²) < 4.78 is 11.6. The van der Waals surface area contributed by atoms with Crippen molar-refractivity contribution < 1.29 is 9.47 Å². The highest BCUT2D eigenvalue weighted by Crippen LogP contribution is 2.34. The molecule has 3 aromatic rings.